The molecule has 0 aliphatic carbocycles. The summed E-state index contributed by atoms with van der Waals surface area (Å²) in [6, 6.07) is 0. The van der Waals surface area contributed by atoms with Crippen molar-refractivity contribution >= 4 is 47.6 Å². The highest BCUT2D eigenvalue weighted by molar-refractivity contribution is 5.84. The van der Waals surface area contributed by atoms with Crippen LogP contribution in [-0.4, -0.2) is 116 Å². The second kappa shape index (κ2) is 22.1. The van der Waals surface area contributed by atoms with E-state index in [1.54, 1.807) is 166 Å². The summed E-state index contributed by atoms with van der Waals surface area (Å²) in [4.78, 5) is 111. The van der Waals surface area contributed by atoms with Gasteiger partial charge in [0, 0.05) is 11.8 Å². The summed E-state index contributed by atoms with van der Waals surface area (Å²) < 4.78 is 63.3. The summed E-state index contributed by atoms with van der Waals surface area (Å²) in [5.74, 6) is -8.40. The molecule has 0 amide bonds. The van der Waals surface area contributed by atoms with Crippen molar-refractivity contribution < 1.29 is 85.7 Å². The predicted molar refractivity (Wildman–Crippen MR) is 259 cm³/mol. The summed E-state index contributed by atoms with van der Waals surface area (Å²) in [5, 5.41) is 0. The van der Waals surface area contributed by atoms with Gasteiger partial charge in [0.05, 0.1) is 37.9 Å². The number of ether oxygens (including phenoxy) is 10. The molecule has 0 aromatic rings. The first-order valence-corrected chi connectivity index (χ1v) is 24.5. The van der Waals surface area contributed by atoms with Crippen LogP contribution >= 0.6 is 0 Å². The van der Waals surface area contributed by atoms with E-state index in [4.69, 9.17) is 47.4 Å². The van der Waals surface area contributed by atoms with E-state index in [1.807, 2.05) is 0 Å². The van der Waals surface area contributed by atoms with Crippen LogP contribution in [0.5, 0.6) is 0 Å². The Kier molecular flexibility index (Phi) is 19.6. The van der Waals surface area contributed by atoms with Gasteiger partial charge in [-0.05, 0) is 152 Å². The summed E-state index contributed by atoms with van der Waals surface area (Å²) in [7, 11) is 0. The van der Waals surface area contributed by atoms with Gasteiger partial charge in [-0.15, -0.1) is 0 Å². The Bertz CT molecular complexity index is 1950. The van der Waals surface area contributed by atoms with Gasteiger partial charge in [0.2, 0.25) is 12.1 Å². The third-order valence-corrected chi connectivity index (χ3v) is 11.1. The summed E-state index contributed by atoms with van der Waals surface area (Å²) in [6.07, 6.45) is -13.9. The molecule has 2 saturated heterocycles. The third kappa shape index (κ3) is 17.5. The van der Waals surface area contributed by atoms with Gasteiger partial charge in [0.25, 0.3) is 0 Å². The van der Waals surface area contributed by atoms with Crippen LogP contribution in [0.25, 0.3) is 0 Å². The summed E-state index contributed by atoms with van der Waals surface area (Å²) in [6.45, 7) is 37.0. The second-order valence-corrected chi connectivity index (χ2v) is 27.1. The first-order chi connectivity index (χ1) is 31.5. The lowest BCUT2D eigenvalue weighted by atomic mass is 9.85. The standard InChI is InChI=1S/C53H88O18/c1-45(2,3)31(54)26-25-29-32(65-40(57)48(10,11)12)34(67-42(59)50(16,17)18)35(68-43(60)51(19,20)21)37(64-29)71-53(28-63-39(56)47(7,8)9)36(69-44(61)52(22,23)24)33(66-41(58)49(13,14)15)30(70-53)27-62-38(55)46(4,5)6/h29-30,32-37H,25-28H2,1-24H3. The van der Waals surface area contributed by atoms with Crippen LogP contribution in [0, 0.1) is 43.3 Å². The molecule has 0 aromatic heterocycles. The molecule has 18 heteroatoms. The van der Waals surface area contributed by atoms with Gasteiger partial charge in [0.1, 0.15) is 31.2 Å². The maximum Gasteiger partial charge on any atom is 0.311 e. The molecule has 0 aromatic carbocycles. The molecule has 9 atom stereocenters. The molecule has 9 unspecified atom stereocenters. The van der Waals surface area contributed by atoms with Crippen molar-refractivity contribution in [2.75, 3.05) is 13.2 Å². The van der Waals surface area contributed by atoms with Crippen molar-refractivity contribution in [1.82, 2.24) is 0 Å². The number of hydrogen-bond donors (Lipinski definition) is 0. The fourth-order valence-electron chi connectivity index (χ4n) is 6.21. The number of rotatable bonds is 14. The largest absolute Gasteiger partial charge is 0.462 e. The Morgan fingerprint density at radius 3 is 1.14 bits per heavy atom. The molecule has 0 radical (unpaired) electrons. The lowest BCUT2D eigenvalue weighted by Crippen LogP contribution is -2.66. The quantitative estimate of drug-likeness (QED) is 0.118. The molecule has 18 nitrogen and oxygen atoms in total. The summed E-state index contributed by atoms with van der Waals surface area (Å²) in [5.41, 5.74) is -8.99. The van der Waals surface area contributed by atoms with E-state index in [0.29, 0.717) is 0 Å². The van der Waals surface area contributed by atoms with E-state index >= 15 is 0 Å². The van der Waals surface area contributed by atoms with Gasteiger partial charge < -0.3 is 47.4 Å². The van der Waals surface area contributed by atoms with Crippen LogP contribution < -0.4 is 0 Å². The zero-order valence-electron chi connectivity index (χ0n) is 47.3. The fraction of sp³-hybridized carbons (Fsp3) is 0.849. The van der Waals surface area contributed by atoms with E-state index in [-0.39, 0.29) is 18.6 Å². The van der Waals surface area contributed by atoms with E-state index in [1.165, 1.54) is 0 Å². The normalized spacial score (nSPS) is 25.9. The highest BCUT2D eigenvalue weighted by atomic mass is 16.8. The monoisotopic (exact) mass is 1010 g/mol. The molecule has 408 valence electrons. The Morgan fingerprint density at radius 2 is 0.746 bits per heavy atom. The number of ketones is 1. The van der Waals surface area contributed by atoms with Gasteiger partial charge in [-0.25, -0.2) is 0 Å². The SMILES string of the molecule is CC(C)(C)C(=O)CCC1OC(OC2(COC(=O)C(C)(C)C)OC(COC(=O)C(C)(C)C)C(OC(=O)C(C)(C)C)C2OC(=O)C(C)(C)C)C(OC(=O)C(C)(C)C)C(OC(=O)C(C)(C)C)C1OC(=O)C(C)(C)C. The minimum Gasteiger partial charge on any atom is -0.462 e. The maximum atomic E-state index is 14.2. The average molecular weight is 1010 g/mol. The second-order valence-electron chi connectivity index (χ2n) is 27.1. The van der Waals surface area contributed by atoms with Gasteiger partial charge >= 0.3 is 41.8 Å². The van der Waals surface area contributed by atoms with E-state index < -0.39 is 153 Å². The van der Waals surface area contributed by atoms with Gasteiger partial charge in [-0.1, -0.05) is 20.8 Å². The topological polar surface area (TPSA) is 229 Å². The lowest BCUT2D eigenvalue weighted by Gasteiger charge is -2.48. The van der Waals surface area contributed by atoms with E-state index in [2.05, 4.69) is 0 Å². The molecule has 2 heterocycles. The molecular formula is C53H88O18. The van der Waals surface area contributed by atoms with Gasteiger partial charge in [0.15, 0.2) is 30.5 Å². The van der Waals surface area contributed by atoms with Crippen molar-refractivity contribution in [2.24, 2.45) is 43.3 Å². The fourth-order valence-corrected chi connectivity index (χ4v) is 6.21. The molecule has 0 saturated carbocycles. The minimum atomic E-state index is -2.61. The molecule has 71 heavy (non-hydrogen) atoms. The van der Waals surface area contributed by atoms with Crippen LogP contribution in [-0.2, 0) is 85.7 Å². The molecule has 0 bridgehead atoms. The number of carbonyl (C=O) groups is 8. The first kappa shape index (κ1) is 63.0. The predicted octanol–water partition coefficient (Wildman–Crippen LogP) is 8.19. The zero-order chi connectivity index (χ0) is 55.6. The number of esters is 7. The van der Waals surface area contributed by atoms with Crippen LogP contribution in [0.4, 0.5) is 0 Å². The number of carbonyl (C=O) groups excluding carboxylic acids is 8. The van der Waals surface area contributed by atoms with Crippen LogP contribution in [0.1, 0.15) is 179 Å². The Labute approximate surface area is 422 Å². The van der Waals surface area contributed by atoms with Crippen molar-refractivity contribution in [2.45, 2.75) is 234 Å². The average Bonchev–Trinajstić information content (AvgIpc) is 3.44. The molecule has 0 spiro atoms. The van der Waals surface area contributed by atoms with Gasteiger partial charge in [-0.3, -0.25) is 38.4 Å². The van der Waals surface area contributed by atoms with Crippen LogP contribution in [0.15, 0.2) is 0 Å². The zero-order valence-corrected chi connectivity index (χ0v) is 47.3. The van der Waals surface area contributed by atoms with E-state index in [0.717, 1.165) is 0 Å². The lowest BCUT2D eigenvalue weighted by molar-refractivity contribution is -0.384. The van der Waals surface area contributed by atoms with E-state index in [9.17, 15) is 38.4 Å². The van der Waals surface area contributed by atoms with Crippen LogP contribution in [0.3, 0.4) is 0 Å². The Hall–Kier alpha value is -4.16. The summed E-state index contributed by atoms with van der Waals surface area (Å²) >= 11 is 0. The maximum absolute atomic E-state index is 14.2. The Morgan fingerprint density at radius 1 is 0.394 bits per heavy atom. The smallest absolute Gasteiger partial charge is 0.311 e. The van der Waals surface area contributed by atoms with Crippen molar-refractivity contribution in [1.29, 1.82) is 0 Å². The van der Waals surface area contributed by atoms with Crippen LogP contribution in [0.2, 0.25) is 0 Å². The highest BCUT2D eigenvalue weighted by Gasteiger charge is 2.66. The van der Waals surface area contributed by atoms with Crippen molar-refractivity contribution in [3.05, 3.63) is 0 Å². The Balaban J connectivity index is 3.29. The molecule has 2 aliphatic heterocycles. The number of Topliss-reactive ketones (excluding diaryl/α,β-unsaturated/α-hetero) is 1. The highest BCUT2D eigenvalue weighted by Crippen LogP contribution is 2.44. The molecule has 2 rings (SSSR count). The third-order valence-electron chi connectivity index (χ3n) is 11.1. The van der Waals surface area contributed by atoms with Crippen molar-refractivity contribution in [3.8, 4) is 0 Å². The molecule has 2 fully saturated rings. The minimum absolute atomic E-state index is 0.153. The molecule has 0 N–H and O–H groups in total. The molecule has 2 aliphatic rings. The first-order valence-electron chi connectivity index (χ1n) is 24.5. The number of hydrogen-bond acceptors (Lipinski definition) is 18. The van der Waals surface area contributed by atoms with Gasteiger partial charge in [-0.2, -0.15) is 0 Å². The molecular weight excluding hydrogens is 925 g/mol. The van der Waals surface area contributed by atoms with Crippen molar-refractivity contribution in [3.63, 3.8) is 0 Å².